The van der Waals surface area contributed by atoms with E-state index >= 15 is 0 Å². The zero-order valence-electron chi connectivity index (χ0n) is 4.32. The highest BCUT2D eigenvalue weighted by molar-refractivity contribution is 6.85. The van der Waals surface area contributed by atoms with Crippen LogP contribution in [-0.2, 0) is 0 Å². The van der Waals surface area contributed by atoms with E-state index in [1.165, 1.54) is 0 Å². The van der Waals surface area contributed by atoms with Crippen LogP contribution in [0.3, 0.4) is 0 Å². The van der Waals surface area contributed by atoms with Gasteiger partial charge in [0.2, 0.25) is 0 Å². The fourth-order valence-electron chi connectivity index (χ4n) is 0.158. The van der Waals surface area contributed by atoms with Gasteiger partial charge in [-0.15, -0.1) is 0 Å². The number of aliphatic hydroxyl groups is 1. The van der Waals surface area contributed by atoms with Crippen LogP contribution in [0.2, 0.25) is 0 Å². The number of rotatable bonds is 2. The molecular formula is C4H10Cl2O. The van der Waals surface area contributed by atoms with Gasteiger partial charge >= 0.3 is 0 Å². The molecule has 0 saturated carbocycles. The maximum absolute atomic E-state index is 8.07. The predicted molar refractivity (Wildman–Crippen MR) is 33.7 cm³/mol. The van der Waals surface area contributed by atoms with Crippen LogP contribution in [0, 0.1) is 0 Å². The molecular weight excluding hydrogens is 135 g/mol. The lowest BCUT2D eigenvalue weighted by atomic mass is 10.4. The smallest absolute Gasteiger partial charge is 0.0430 e. The van der Waals surface area contributed by atoms with E-state index in [4.69, 9.17) is 5.11 Å². The van der Waals surface area contributed by atoms with Gasteiger partial charge in [-0.1, -0.05) is 13.3 Å². The maximum atomic E-state index is 8.07. The molecule has 7 heavy (non-hydrogen) atoms. The maximum Gasteiger partial charge on any atom is 0.0430 e. The molecule has 1 N–H and O–H groups in total. The number of halogens is 2. The van der Waals surface area contributed by atoms with Crippen molar-refractivity contribution in [2.24, 2.45) is 0 Å². The third-order valence-corrected chi connectivity index (χ3v) is 0.512. The summed E-state index contributed by atoms with van der Waals surface area (Å²) in [6.07, 6.45) is 2.04. The van der Waals surface area contributed by atoms with Crippen molar-refractivity contribution in [2.45, 2.75) is 19.8 Å². The van der Waals surface area contributed by atoms with Crippen LogP contribution in [-0.4, -0.2) is 11.7 Å². The number of hydrogen-bond acceptors (Lipinski definition) is 1. The Morgan fingerprint density at radius 1 is 1.43 bits per heavy atom. The summed E-state index contributed by atoms with van der Waals surface area (Å²) in [6.45, 7) is 2.40. The Morgan fingerprint density at radius 2 is 1.86 bits per heavy atom. The van der Waals surface area contributed by atoms with Crippen LogP contribution in [0.25, 0.3) is 0 Å². The molecule has 0 heterocycles. The summed E-state index contributed by atoms with van der Waals surface area (Å²) in [7, 11) is 8.22. The van der Waals surface area contributed by atoms with Gasteiger partial charge in [-0.2, -0.15) is 0 Å². The van der Waals surface area contributed by atoms with Crippen LogP contribution in [0.1, 0.15) is 19.8 Å². The average Bonchev–Trinajstić information content (AvgIpc) is 1.75. The highest BCUT2D eigenvalue weighted by atomic mass is 36.5. The van der Waals surface area contributed by atoms with E-state index in [1.807, 2.05) is 0 Å². The van der Waals surface area contributed by atoms with Crippen molar-refractivity contribution in [1.29, 1.82) is 0 Å². The second kappa shape index (κ2) is 16.0. The highest BCUT2D eigenvalue weighted by Gasteiger charge is 1.69. The van der Waals surface area contributed by atoms with Gasteiger partial charge in [0.05, 0.1) is 0 Å². The zero-order chi connectivity index (χ0) is 6.12. The van der Waals surface area contributed by atoms with E-state index in [1.54, 1.807) is 0 Å². The second-order valence-electron chi connectivity index (χ2n) is 1.08. The van der Waals surface area contributed by atoms with Gasteiger partial charge in [-0.25, -0.2) is 0 Å². The van der Waals surface area contributed by atoms with Crippen molar-refractivity contribution in [3.05, 3.63) is 0 Å². The molecule has 0 saturated heterocycles. The lowest BCUT2D eigenvalue weighted by molar-refractivity contribution is 0.287. The summed E-state index contributed by atoms with van der Waals surface area (Å²) in [6, 6.07) is 0. The normalized spacial score (nSPS) is 6.86. The first-order valence-electron chi connectivity index (χ1n) is 2.17. The molecule has 0 spiro atoms. The van der Waals surface area contributed by atoms with E-state index < -0.39 is 0 Å². The summed E-state index contributed by atoms with van der Waals surface area (Å²) in [5.41, 5.74) is 0. The predicted octanol–water partition coefficient (Wildman–Crippen LogP) is 2.16. The molecule has 0 rings (SSSR count). The Bertz CT molecular complexity index is 17.2. The lowest BCUT2D eigenvalue weighted by Gasteiger charge is -1.79. The van der Waals surface area contributed by atoms with Gasteiger partial charge in [-0.05, 0) is 6.42 Å². The average molecular weight is 145 g/mol. The van der Waals surface area contributed by atoms with Crippen molar-refractivity contribution in [3.8, 4) is 0 Å². The molecule has 0 amide bonds. The van der Waals surface area contributed by atoms with Crippen molar-refractivity contribution < 1.29 is 5.11 Å². The molecule has 0 aliphatic carbocycles. The minimum atomic E-state index is 0.344. The zero-order valence-corrected chi connectivity index (χ0v) is 5.84. The van der Waals surface area contributed by atoms with Crippen molar-refractivity contribution in [3.63, 3.8) is 0 Å². The molecule has 3 heteroatoms. The molecule has 0 aliphatic rings. The first kappa shape index (κ1) is 10.5. The summed E-state index contributed by atoms with van der Waals surface area (Å²) < 4.78 is 0. The van der Waals surface area contributed by atoms with E-state index in [0.717, 1.165) is 12.8 Å². The van der Waals surface area contributed by atoms with Crippen LogP contribution in [0.4, 0.5) is 0 Å². The van der Waals surface area contributed by atoms with Gasteiger partial charge in [0.25, 0.3) is 0 Å². The molecule has 0 aromatic carbocycles. The summed E-state index contributed by atoms with van der Waals surface area (Å²) in [4.78, 5) is 0. The SMILES string of the molecule is CCCCO.ClCl. The van der Waals surface area contributed by atoms with E-state index in [-0.39, 0.29) is 0 Å². The molecule has 46 valence electrons. The Hall–Kier alpha value is 0.540. The summed E-state index contributed by atoms with van der Waals surface area (Å²) >= 11 is 0. The van der Waals surface area contributed by atoms with E-state index in [0.29, 0.717) is 6.61 Å². The van der Waals surface area contributed by atoms with Gasteiger partial charge in [0, 0.05) is 28.3 Å². The van der Waals surface area contributed by atoms with E-state index in [2.05, 4.69) is 28.6 Å². The Morgan fingerprint density at radius 3 is 1.86 bits per heavy atom. The van der Waals surface area contributed by atoms with Crippen molar-refractivity contribution >= 4 is 21.7 Å². The van der Waals surface area contributed by atoms with Crippen molar-refractivity contribution in [1.82, 2.24) is 0 Å². The number of aliphatic hydroxyl groups excluding tert-OH is 1. The molecule has 1 nitrogen and oxygen atoms in total. The molecule has 0 aromatic heterocycles. The van der Waals surface area contributed by atoms with E-state index in [9.17, 15) is 0 Å². The minimum absolute atomic E-state index is 0.344. The number of unbranched alkanes of at least 4 members (excludes halogenated alkanes) is 1. The van der Waals surface area contributed by atoms with Crippen LogP contribution < -0.4 is 0 Å². The van der Waals surface area contributed by atoms with Gasteiger partial charge in [-0.3, -0.25) is 0 Å². The van der Waals surface area contributed by atoms with Crippen molar-refractivity contribution in [2.75, 3.05) is 6.61 Å². The Balaban J connectivity index is 0. The first-order valence-corrected chi connectivity index (χ1v) is 3.31. The molecule has 0 radical (unpaired) electrons. The molecule has 0 aliphatic heterocycles. The lowest BCUT2D eigenvalue weighted by Crippen LogP contribution is -1.75. The third kappa shape index (κ3) is 20.9. The fourth-order valence-corrected chi connectivity index (χ4v) is 0.158. The van der Waals surface area contributed by atoms with Crippen LogP contribution in [0.15, 0.2) is 0 Å². The van der Waals surface area contributed by atoms with Crippen LogP contribution >= 0.6 is 21.7 Å². The van der Waals surface area contributed by atoms with Gasteiger partial charge < -0.3 is 5.11 Å². The molecule has 0 bridgehead atoms. The molecule has 0 aromatic rings. The second-order valence-corrected chi connectivity index (χ2v) is 1.08. The Kier molecular flexibility index (Phi) is 24.0. The molecule has 0 atom stereocenters. The largest absolute Gasteiger partial charge is 0.396 e. The topological polar surface area (TPSA) is 20.2 Å². The quantitative estimate of drug-likeness (QED) is 0.631. The first-order chi connectivity index (χ1) is 3.41. The van der Waals surface area contributed by atoms with Crippen LogP contribution in [0.5, 0.6) is 0 Å². The highest BCUT2D eigenvalue weighted by Crippen LogP contribution is 1.78. The standard InChI is InChI=1S/C4H10O.Cl2/c1-2-3-4-5;1-2/h5H,2-4H2,1H3;. The molecule has 0 fully saturated rings. The minimum Gasteiger partial charge on any atom is -0.396 e. The summed E-state index contributed by atoms with van der Waals surface area (Å²) in [5, 5.41) is 8.07. The number of hydrogen-bond donors (Lipinski definition) is 1. The third-order valence-electron chi connectivity index (χ3n) is 0.512. The van der Waals surface area contributed by atoms with Gasteiger partial charge in [0.15, 0.2) is 0 Å². The Labute approximate surface area is 53.8 Å². The fraction of sp³-hybridized carbons (Fsp3) is 1.00. The summed E-state index contributed by atoms with van der Waals surface area (Å²) in [5.74, 6) is 0. The van der Waals surface area contributed by atoms with Gasteiger partial charge in [0.1, 0.15) is 0 Å². The molecule has 0 unspecified atom stereocenters. The monoisotopic (exact) mass is 144 g/mol.